The summed E-state index contributed by atoms with van der Waals surface area (Å²) in [6.45, 7) is 3.76. The lowest BCUT2D eigenvalue weighted by atomic mass is 9.94. The van der Waals surface area contributed by atoms with E-state index in [-0.39, 0.29) is 17.4 Å². The Kier molecular flexibility index (Phi) is 3.44. The average molecular weight is 280 g/mol. The molecule has 4 N–H and O–H groups in total. The van der Waals surface area contributed by atoms with E-state index < -0.39 is 5.54 Å². The average Bonchev–Trinajstić information content (AvgIpc) is 2.75. The van der Waals surface area contributed by atoms with E-state index in [4.69, 9.17) is 17.3 Å². The second-order valence-electron chi connectivity index (χ2n) is 4.64. The first-order valence-electron chi connectivity index (χ1n) is 5.65. The Hall–Kier alpha value is -2.08. The van der Waals surface area contributed by atoms with Gasteiger partial charge in [-0.15, -0.1) is 10.2 Å². The molecule has 1 aromatic carbocycles. The Morgan fingerprint density at radius 2 is 1.95 bits per heavy atom. The third kappa shape index (κ3) is 2.85. The van der Waals surface area contributed by atoms with E-state index in [2.05, 4.69) is 20.7 Å². The summed E-state index contributed by atoms with van der Waals surface area (Å²) in [5, 5.41) is 13.1. The van der Waals surface area contributed by atoms with Crippen LogP contribution in [0.1, 0.15) is 29.9 Å². The number of hydrogen-bond donors (Lipinski definition) is 3. The molecule has 2 aromatic rings. The lowest BCUT2D eigenvalue weighted by Gasteiger charge is -2.26. The molecule has 0 atom stereocenters. The monoisotopic (exact) mass is 279 g/mol. The Morgan fingerprint density at radius 3 is 2.47 bits per heavy atom. The highest BCUT2D eigenvalue weighted by Gasteiger charge is 2.25. The standard InChI is InChI=1S/C12H14ClN5O/c1-12(2,7-3-5-8(13)6-4-7)15-11(19)9-10(14)17-18-16-9/h3-6H,1-2H3,(H,15,19)(H3,14,16,17,18). The minimum absolute atomic E-state index is 0.0735. The highest BCUT2D eigenvalue weighted by molar-refractivity contribution is 6.30. The zero-order valence-corrected chi connectivity index (χ0v) is 11.3. The molecule has 0 radical (unpaired) electrons. The van der Waals surface area contributed by atoms with Gasteiger partial charge in [0, 0.05) is 5.02 Å². The fraction of sp³-hybridized carbons (Fsp3) is 0.250. The van der Waals surface area contributed by atoms with Crippen LogP contribution < -0.4 is 11.1 Å². The number of aromatic amines is 1. The molecule has 1 heterocycles. The van der Waals surface area contributed by atoms with Crippen molar-refractivity contribution in [3.8, 4) is 0 Å². The third-order valence-electron chi connectivity index (χ3n) is 2.78. The van der Waals surface area contributed by atoms with E-state index >= 15 is 0 Å². The zero-order chi connectivity index (χ0) is 14.0. The van der Waals surface area contributed by atoms with Gasteiger partial charge in [-0.25, -0.2) is 0 Å². The molecule has 1 amide bonds. The van der Waals surface area contributed by atoms with Crippen molar-refractivity contribution in [2.45, 2.75) is 19.4 Å². The molecule has 0 spiro atoms. The molecular formula is C12H14ClN5O. The number of rotatable bonds is 3. The zero-order valence-electron chi connectivity index (χ0n) is 10.6. The van der Waals surface area contributed by atoms with Crippen molar-refractivity contribution in [1.29, 1.82) is 0 Å². The number of carbonyl (C=O) groups excluding carboxylic acids is 1. The van der Waals surface area contributed by atoms with Gasteiger partial charge >= 0.3 is 0 Å². The Balaban J connectivity index is 2.19. The maximum Gasteiger partial charge on any atom is 0.276 e. The molecule has 0 aliphatic heterocycles. The van der Waals surface area contributed by atoms with Crippen LogP contribution in [0, 0.1) is 0 Å². The SMILES string of the molecule is CC(C)(NC(=O)c1n[nH]nc1N)c1ccc(Cl)cc1. The summed E-state index contributed by atoms with van der Waals surface area (Å²) in [5.74, 6) is -0.310. The van der Waals surface area contributed by atoms with Gasteiger partial charge in [0.15, 0.2) is 11.5 Å². The van der Waals surface area contributed by atoms with Crippen molar-refractivity contribution in [3.63, 3.8) is 0 Å². The number of nitrogen functional groups attached to an aromatic ring is 1. The van der Waals surface area contributed by atoms with Crippen LogP contribution in [-0.4, -0.2) is 21.3 Å². The number of H-pyrrole nitrogens is 1. The number of nitrogens with zero attached hydrogens (tertiary/aromatic N) is 2. The molecule has 100 valence electrons. The van der Waals surface area contributed by atoms with Gasteiger partial charge in [-0.3, -0.25) is 4.79 Å². The molecule has 0 aliphatic carbocycles. The normalized spacial score (nSPS) is 11.3. The molecule has 1 aromatic heterocycles. The summed E-state index contributed by atoms with van der Waals surface area (Å²) in [6, 6.07) is 7.26. The Morgan fingerprint density at radius 1 is 1.32 bits per heavy atom. The molecule has 0 saturated carbocycles. The minimum atomic E-state index is -0.576. The van der Waals surface area contributed by atoms with Crippen molar-refractivity contribution in [2.24, 2.45) is 0 Å². The van der Waals surface area contributed by atoms with Crippen LogP contribution in [0.4, 0.5) is 5.82 Å². The lowest BCUT2D eigenvalue weighted by Crippen LogP contribution is -2.41. The van der Waals surface area contributed by atoms with E-state index in [9.17, 15) is 4.79 Å². The molecule has 0 unspecified atom stereocenters. The number of carbonyl (C=O) groups is 1. The summed E-state index contributed by atoms with van der Waals surface area (Å²) >= 11 is 5.84. The molecule has 0 bridgehead atoms. The van der Waals surface area contributed by atoms with Crippen molar-refractivity contribution in [2.75, 3.05) is 5.73 Å². The van der Waals surface area contributed by atoms with Gasteiger partial charge in [0.2, 0.25) is 0 Å². The van der Waals surface area contributed by atoms with E-state index in [1.165, 1.54) is 0 Å². The maximum absolute atomic E-state index is 12.0. The summed E-state index contributed by atoms with van der Waals surface area (Å²) in [4.78, 5) is 12.0. The minimum Gasteiger partial charge on any atom is -0.380 e. The fourth-order valence-corrected chi connectivity index (χ4v) is 1.81. The van der Waals surface area contributed by atoms with Gasteiger partial charge in [-0.05, 0) is 31.5 Å². The molecule has 0 fully saturated rings. The number of halogens is 1. The van der Waals surface area contributed by atoms with E-state index in [1.54, 1.807) is 12.1 Å². The molecule has 7 heteroatoms. The number of anilines is 1. The highest BCUT2D eigenvalue weighted by atomic mass is 35.5. The number of amides is 1. The summed E-state index contributed by atoms with van der Waals surface area (Å²) in [6.07, 6.45) is 0. The fourth-order valence-electron chi connectivity index (χ4n) is 1.69. The molecule has 6 nitrogen and oxygen atoms in total. The smallest absolute Gasteiger partial charge is 0.276 e. The Bertz CT molecular complexity index is 590. The molecule has 0 aliphatic rings. The predicted molar refractivity (Wildman–Crippen MR) is 72.7 cm³/mol. The molecule has 19 heavy (non-hydrogen) atoms. The van der Waals surface area contributed by atoms with Gasteiger partial charge in [0.1, 0.15) is 0 Å². The van der Waals surface area contributed by atoms with Gasteiger partial charge in [0.05, 0.1) is 5.54 Å². The third-order valence-corrected chi connectivity index (χ3v) is 3.03. The lowest BCUT2D eigenvalue weighted by molar-refractivity contribution is 0.0908. The first-order chi connectivity index (χ1) is 8.90. The van der Waals surface area contributed by atoms with Gasteiger partial charge in [-0.1, -0.05) is 23.7 Å². The number of aromatic nitrogens is 3. The number of benzene rings is 1. The van der Waals surface area contributed by atoms with Gasteiger partial charge < -0.3 is 11.1 Å². The van der Waals surface area contributed by atoms with Crippen molar-refractivity contribution < 1.29 is 4.79 Å². The van der Waals surface area contributed by atoms with Crippen molar-refractivity contribution in [3.05, 3.63) is 40.5 Å². The second kappa shape index (κ2) is 4.89. The van der Waals surface area contributed by atoms with Crippen LogP contribution in [0.5, 0.6) is 0 Å². The largest absolute Gasteiger partial charge is 0.380 e. The first kappa shape index (κ1) is 13.4. The van der Waals surface area contributed by atoms with Crippen LogP contribution in [-0.2, 0) is 5.54 Å². The van der Waals surface area contributed by atoms with Gasteiger partial charge in [0.25, 0.3) is 5.91 Å². The van der Waals surface area contributed by atoms with E-state index in [0.29, 0.717) is 5.02 Å². The van der Waals surface area contributed by atoms with Crippen LogP contribution in [0.25, 0.3) is 0 Å². The van der Waals surface area contributed by atoms with Gasteiger partial charge in [-0.2, -0.15) is 5.21 Å². The topological polar surface area (TPSA) is 96.7 Å². The highest BCUT2D eigenvalue weighted by Crippen LogP contribution is 2.22. The molecule has 2 rings (SSSR count). The van der Waals surface area contributed by atoms with Crippen molar-refractivity contribution in [1.82, 2.24) is 20.7 Å². The van der Waals surface area contributed by atoms with E-state index in [0.717, 1.165) is 5.56 Å². The molecule has 0 saturated heterocycles. The quantitative estimate of drug-likeness (QED) is 0.797. The second-order valence-corrected chi connectivity index (χ2v) is 5.08. The van der Waals surface area contributed by atoms with Crippen LogP contribution >= 0.6 is 11.6 Å². The van der Waals surface area contributed by atoms with Crippen LogP contribution in [0.15, 0.2) is 24.3 Å². The Labute approximate surface area is 115 Å². The predicted octanol–water partition coefficient (Wildman–Crippen LogP) is 1.71. The van der Waals surface area contributed by atoms with Crippen molar-refractivity contribution >= 4 is 23.3 Å². The van der Waals surface area contributed by atoms with E-state index in [1.807, 2.05) is 26.0 Å². The summed E-state index contributed by atoms with van der Waals surface area (Å²) in [7, 11) is 0. The number of nitrogens with two attached hydrogens (primary N) is 1. The first-order valence-corrected chi connectivity index (χ1v) is 6.03. The van der Waals surface area contributed by atoms with Crippen LogP contribution in [0.3, 0.4) is 0 Å². The molecular weight excluding hydrogens is 266 g/mol. The summed E-state index contributed by atoms with van der Waals surface area (Å²) < 4.78 is 0. The number of hydrogen-bond acceptors (Lipinski definition) is 4. The summed E-state index contributed by atoms with van der Waals surface area (Å²) in [5.41, 5.74) is 5.97. The number of nitrogens with one attached hydrogen (secondary N) is 2. The maximum atomic E-state index is 12.0. The van der Waals surface area contributed by atoms with Crippen LogP contribution in [0.2, 0.25) is 5.02 Å².